The van der Waals surface area contributed by atoms with Crippen LogP contribution in [0.15, 0.2) is 36.4 Å². The molecule has 3 rings (SSSR count). The number of ether oxygens (including phenoxy) is 1. The number of nitrogens with one attached hydrogen (secondary N) is 1. The van der Waals surface area contributed by atoms with Crippen molar-refractivity contribution in [3.05, 3.63) is 46.3 Å². The van der Waals surface area contributed by atoms with Crippen molar-refractivity contribution in [2.24, 2.45) is 0 Å². The molecule has 11 heteroatoms. The minimum atomic E-state index is -3.85. The van der Waals surface area contributed by atoms with Crippen molar-refractivity contribution in [3.63, 3.8) is 0 Å². The van der Waals surface area contributed by atoms with Gasteiger partial charge < -0.3 is 9.64 Å². The second kappa shape index (κ2) is 9.66. The van der Waals surface area contributed by atoms with Crippen molar-refractivity contribution in [2.75, 3.05) is 32.6 Å². The predicted molar refractivity (Wildman–Crippen MR) is 118 cm³/mol. The molecule has 1 fully saturated rings. The molecular weight excluding hydrogens is 464 g/mol. The standard InChI is InChI=1S/C20H23ClN2O6S2/c1-29-13-19(25)23-9-8-20(12-18(24)22-26,31(27,28)11-10-23)17-7-6-16(30-17)14-2-4-15(21)5-3-14/h2-7,26H,8-13H2,1H3,(H,22,24)/t20-/m0/s1. The molecule has 2 heterocycles. The Morgan fingerprint density at radius 2 is 1.94 bits per heavy atom. The van der Waals surface area contributed by atoms with Gasteiger partial charge in [0.2, 0.25) is 11.8 Å². The first-order chi connectivity index (χ1) is 14.7. The molecule has 2 N–H and O–H groups in total. The second-order valence-corrected chi connectivity index (χ2v) is 11.2. The number of thiophene rings is 1. The van der Waals surface area contributed by atoms with E-state index in [2.05, 4.69) is 0 Å². The lowest BCUT2D eigenvalue weighted by molar-refractivity contribution is -0.134. The molecular formula is C20H23ClN2O6S2. The van der Waals surface area contributed by atoms with Crippen LogP contribution in [0, 0.1) is 0 Å². The van der Waals surface area contributed by atoms with Gasteiger partial charge >= 0.3 is 0 Å². The number of nitrogens with zero attached hydrogens (tertiary/aromatic N) is 1. The molecule has 1 aliphatic heterocycles. The minimum absolute atomic E-state index is 0.0163. The van der Waals surface area contributed by atoms with Gasteiger partial charge in [-0.1, -0.05) is 23.7 Å². The molecule has 0 aliphatic carbocycles. The first-order valence-electron chi connectivity index (χ1n) is 9.50. The largest absolute Gasteiger partial charge is 0.375 e. The Kier molecular flexibility index (Phi) is 7.38. The average molecular weight is 487 g/mol. The van der Waals surface area contributed by atoms with Gasteiger partial charge in [0.1, 0.15) is 11.4 Å². The Morgan fingerprint density at radius 3 is 2.58 bits per heavy atom. The number of sulfone groups is 1. The molecule has 1 aliphatic rings. The quantitative estimate of drug-likeness (QED) is 0.479. The normalized spacial score (nSPS) is 20.8. The van der Waals surface area contributed by atoms with Crippen molar-refractivity contribution in [3.8, 4) is 10.4 Å². The van der Waals surface area contributed by atoms with Crippen LogP contribution in [0.25, 0.3) is 10.4 Å². The van der Waals surface area contributed by atoms with E-state index in [4.69, 9.17) is 21.5 Å². The number of rotatable bonds is 6. The van der Waals surface area contributed by atoms with E-state index in [0.717, 1.165) is 10.4 Å². The Labute approximate surface area is 189 Å². The van der Waals surface area contributed by atoms with Gasteiger partial charge in [-0.2, -0.15) is 0 Å². The number of hydroxylamine groups is 1. The first-order valence-corrected chi connectivity index (χ1v) is 12.4. The lowest BCUT2D eigenvalue weighted by Gasteiger charge is -2.30. The van der Waals surface area contributed by atoms with Gasteiger partial charge in [-0.15, -0.1) is 11.3 Å². The molecule has 0 unspecified atom stereocenters. The van der Waals surface area contributed by atoms with E-state index in [1.165, 1.54) is 23.3 Å². The fourth-order valence-electron chi connectivity index (χ4n) is 3.69. The monoisotopic (exact) mass is 486 g/mol. The first kappa shape index (κ1) is 23.7. The molecule has 1 aromatic carbocycles. The van der Waals surface area contributed by atoms with Crippen LogP contribution in [-0.2, 0) is 28.9 Å². The SMILES string of the molecule is COCC(=O)N1CC[C@](CC(=O)NO)(c2ccc(-c3ccc(Cl)cc3)s2)S(=O)(=O)CC1. The molecule has 0 bridgehead atoms. The number of amides is 2. The molecule has 2 amide bonds. The van der Waals surface area contributed by atoms with E-state index in [1.54, 1.807) is 29.7 Å². The average Bonchev–Trinajstić information content (AvgIpc) is 3.18. The van der Waals surface area contributed by atoms with Gasteiger partial charge in [0.05, 0.1) is 12.2 Å². The molecule has 1 atom stereocenters. The van der Waals surface area contributed by atoms with Crippen LogP contribution in [0.5, 0.6) is 0 Å². The van der Waals surface area contributed by atoms with Gasteiger partial charge in [0, 0.05) is 35.0 Å². The van der Waals surface area contributed by atoms with Crippen LogP contribution in [0.3, 0.4) is 0 Å². The fourth-order valence-corrected chi connectivity index (χ4v) is 7.42. The predicted octanol–water partition coefficient (Wildman–Crippen LogP) is 2.45. The van der Waals surface area contributed by atoms with Crippen LogP contribution in [-0.4, -0.2) is 62.9 Å². The third kappa shape index (κ3) is 4.93. The van der Waals surface area contributed by atoms with E-state index < -0.39 is 26.9 Å². The highest BCUT2D eigenvalue weighted by atomic mass is 35.5. The third-order valence-corrected chi connectivity index (χ3v) is 9.58. The van der Waals surface area contributed by atoms with E-state index >= 15 is 0 Å². The Hall–Kier alpha value is -1.98. The van der Waals surface area contributed by atoms with Gasteiger partial charge in [0.25, 0.3) is 0 Å². The highest BCUT2D eigenvalue weighted by Crippen LogP contribution is 2.45. The third-order valence-electron chi connectivity index (χ3n) is 5.39. The molecule has 1 saturated heterocycles. The van der Waals surface area contributed by atoms with Crippen LogP contribution in [0.1, 0.15) is 17.7 Å². The summed E-state index contributed by atoms with van der Waals surface area (Å²) in [5.41, 5.74) is 2.42. The summed E-state index contributed by atoms with van der Waals surface area (Å²) in [6.07, 6.45) is -0.419. The topological polar surface area (TPSA) is 113 Å². The molecule has 168 valence electrons. The van der Waals surface area contributed by atoms with Crippen LogP contribution < -0.4 is 5.48 Å². The van der Waals surface area contributed by atoms with Gasteiger partial charge in [-0.3, -0.25) is 14.8 Å². The molecule has 8 nitrogen and oxygen atoms in total. The summed E-state index contributed by atoms with van der Waals surface area (Å²) in [7, 11) is -2.46. The minimum Gasteiger partial charge on any atom is -0.375 e. The van der Waals surface area contributed by atoms with Crippen molar-refractivity contribution in [2.45, 2.75) is 17.6 Å². The van der Waals surface area contributed by atoms with Crippen LogP contribution in [0.2, 0.25) is 5.02 Å². The number of carbonyl (C=O) groups is 2. The van der Waals surface area contributed by atoms with Gasteiger partial charge in [0.15, 0.2) is 9.84 Å². The number of benzene rings is 1. The van der Waals surface area contributed by atoms with Crippen LogP contribution >= 0.6 is 22.9 Å². The van der Waals surface area contributed by atoms with Crippen molar-refractivity contribution in [1.82, 2.24) is 10.4 Å². The molecule has 2 aromatic rings. The number of methoxy groups -OCH3 is 1. The molecule has 0 saturated carbocycles. The molecule has 0 spiro atoms. The lowest BCUT2D eigenvalue weighted by Crippen LogP contribution is -2.41. The van der Waals surface area contributed by atoms with E-state index in [1.807, 2.05) is 12.1 Å². The van der Waals surface area contributed by atoms with E-state index in [-0.39, 0.29) is 37.8 Å². The zero-order valence-corrected chi connectivity index (χ0v) is 19.2. The maximum absolute atomic E-state index is 13.5. The maximum Gasteiger partial charge on any atom is 0.248 e. The second-order valence-electron chi connectivity index (χ2n) is 7.26. The Morgan fingerprint density at radius 1 is 1.23 bits per heavy atom. The number of carbonyl (C=O) groups excluding carboxylic acids is 2. The zero-order valence-electron chi connectivity index (χ0n) is 16.8. The summed E-state index contributed by atoms with van der Waals surface area (Å²) >= 11 is 7.22. The fraction of sp³-hybridized carbons (Fsp3) is 0.400. The number of halogens is 1. The highest BCUT2D eigenvalue weighted by molar-refractivity contribution is 7.92. The smallest absolute Gasteiger partial charge is 0.248 e. The summed E-state index contributed by atoms with van der Waals surface area (Å²) in [5.74, 6) is -1.41. The molecule has 1 aromatic heterocycles. The van der Waals surface area contributed by atoms with Gasteiger partial charge in [-0.25, -0.2) is 13.9 Å². The lowest BCUT2D eigenvalue weighted by atomic mass is 9.97. The number of hydrogen-bond donors (Lipinski definition) is 2. The Bertz CT molecular complexity index is 1050. The van der Waals surface area contributed by atoms with Crippen LogP contribution in [0.4, 0.5) is 0 Å². The summed E-state index contributed by atoms with van der Waals surface area (Å²) < 4.78 is 30.2. The van der Waals surface area contributed by atoms with Crippen molar-refractivity contribution >= 4 is 44.6 Å². The summed E-state index contributed by atoms with van der Waals surface area (Å²) in [4.78, 5) is 27.2. The Balaban J connectivity index is 2.04. The highest BCUT2D eigenvalue weighted by Gasteiger charge is 2.49. The number of hydrogen-bond acceptors (Lipinski definition) is 7. The molecule has 0 radical (unpaired) electrons. The van der Waals surface area contributed by atoms with Crippen molar-refractivity contribution < 1.29 is 28.0 Å². The van der Waals surface area contributed by atoms with Gasteiger partial charge in [-0.05, 0) is 36.2 Å². The summed E-state index contributed by atoms with van der Waals surface area (Å²) in [6.45, 7) is 0.0145. The van der Waals surface area contributed by atoms with E-state index in [0.29, 0.717) is 9.90 Å². The summed E-state index contributed by atoms with van der Waals surface area (Å²) in [6, 6.07) is 10.6. The maximum atomic E-state index is 13.5. The molecule has 31 heavy (non-hydrogen) atoms. The zero-order chi connectivity index (χ0) is 22.6. The van der Waals surface area contributed by atoms with E-state index in [9.17, 15) is 18.0 Å². The summed E-state index contributed by atoms with van der Waals surface area (Å²) in [5, 5.41) is 9.69. The van der Waals surface area contributed by atoms with Crippen molar-refractivity contribution in [1.29, 1.82) is 0 Å².